The van der Waals surface area contributed by atoms with Gasteiger partial charge < -0.3 is 18.8 Å². The van der Waals surface area contributed by atoms with Gasteiger partial charge in [-0.15, -0.1) is 0 Å². The first kappa shape index (κ1) is 16.7. The van der Waals surface area contributed by atoms with E-state index in [1.54, 1.807) is 19.4 Å². The molecular formula is C18H21NO4. The number of ether oxygens (including phenoxy) is 3. The Labute approximate surface area is 135 Å². The summed E-state index contributed by atoms with van der Waals surface area (Å²) in [6, 6.07) is 8.91. The van der Waals surface area contributed by atoms with Gasteiger partial charge in [-0.25, -0.2) is 0 Å². The van der Waals surface area contributed by atoms with Gasteiger partial charge in [0.05, 0.1) is 19.3 Å². The molecule has 0 aliphatic rings. The molecule has 0 unspecified atom stereocenters. The van der Waals surface area contributed by atoms with Gasteiger partial charge in [0.2, 0.25) is 5.43 Å². The molecule has 0 fully saturated rings. The summed E-state index contributed by atoms with van der Waals surface area (Å²) in [6.07, 6.45) is 3.36. The Morgan fingerprint density at radius 1 is 1.13 bits per heavy atom. The van der Waals surface area contributed by atoms with Crippen LogP contribution in [0, 0.1) is 6.92 Å². The van der Waals surface area contributed by atoms with Gasteiger partial charge in [-0.2, -0.15) is 0 Å². The van der Waals surface area contributed by atoms with Crippen molar-refractivity contribution < 1.29 is 14.2 Å². The van der Waals surface area contributed by atoms with E-state index in [1.807, 2.05) is 35.8 Å². The third kappa shape index (κ3) is 4.39. The van der Waals surface area contributed by atoms with E-state index in [0.717, 1.165) is 17.2 Å². The summed E-state index contributed by atoms with van der Waals surface area (Å²) in [5, 5.41) is 0. The van der Waals surface area contributed by atoms with Crippen molar-refractivity contribution in [1.29, 1.82) is 0 Å². The minimum Gasteiger partial charge on any atom is -0.497 e. The van der Waals surface area contributed by atoms with Gasteiger partial charge in [-0.05, 0) is 31.2 Å². The number of benzene rings is 1. The van der Waals surface area contributed by atoms with E-state index in [2.05, 4.69) is 6.58 Å². The Balaban J connectivity index is 1.99. The maximum Gasteiger partial charge on any atom is 0.223 e. The first-order chi connectivity index (χ1) is 11.2. The average Bonchev–Trinajstić information content (AvgIpc) is 2.57. The highest BCUT2D eigenvalue weighted by molar-refractivity contribution is 5.31. The SMILES string of the molecule is C=CCOc1c(C)n(CCOc2ccc(OC)cc2)ccc1=O. The lowest BCUT2D eigenvalue weighted by atomic mass is 10.3. The van der Waals surface area contributed by atoms with E-state index in [0.29, 0.717) is 25.5 Å². The van der Waals surface area contributed by atoms with E-state index in [-0.39, 0.29) is 5.43 Å². The Kier molecular flexibility index (Phi) is 5.86. The molecule has 0 bridgehead atoms. The lowest BCUT2D eigenvalue weighted by Crippen LogP contribution is -2.17. The minimum atomic E-state index is -0.128. The fraction of sp³-hybridized carbons (Fsp3) is 0.278. The lowest BCUT2D eigenvalue weighted by Gasteiger charge is -2.15. The smallest absolute Gasteiger partial charge is 0.223 e. The monoisotopic (exact) mass is 315 g/mol. The highest BCUT2D eigenvalue weighted by Crippen LogP contribution is 2.17. The first-order valence-electron chi connectivity index (χ1n) is 7.36. The van der Waals surface area contributed by atoms with Crippen LogP contribution in [0.4, 0.5) is 0 Å². The third-order valence-corrected chi connectivity index (χ3v) is 3.39. The maximum atomic E-state index is 11.8. The number of pyridine rings is 1. The van der Waals surface area contributed by atoms with E-state index in [9.17, 15) is 4.79 Å². The van der Waals surface area contributed by atoms with E-state index >= 15 is 0 Å². The predicted molar refractivity (Wildman–Crippen MR) is 89.6 cm³/mol. The van der Waals surface area contributed by atoms with Crippen molar-refractivity contribution in [3.05, 3.63) is 65.1 Å². The second-order valence-electron chi connectivity index (χ2n) is 4.91. The molecule has 0 aliphatic carbocycles. The van der Waals surface area contributed by atoms with E-state index in [1.165, 1.54) is 6.07 Å². The first-order valence-corrected chi connectivity index (χ1v) is 7.36. The molecule has 0 atom stereocenters. The zero-order valence-electron chi connectivity index (χ0n) is 13.5. The Bertz CT molecular complexity index is 704. The van der Waals surface area contributed by atoms with Crippen LogP contribution in [0.15, 0.2) is 54.0 Å². The highest BCUT2D eigenvalue weighted by atomic mass is 16.5. The normalized spacial score (nSPS) is 10.2. The van der Waals surface area contributed by atoms with Crippen molar-refractivity contribution in [2.75, 3.05) is 20.3 Å². The van der Waals surface area contributed by atoms with Crippen LogP contribution in [-0.2, 0) is 6.54 Å². The fourth-order valence-corrected chi connectivity index (χ4v) is 2.15. The van der Waals surface area contributed by atoms with Crippen molar-refractivity contribution in [1.82, 2.24) is 4.57 Å². The molecule has 5 nitrogen and oxygen atoms in total. The summed E-state index contributed by atoms with van der Waals surface area (Å²) in [5.74, 6) is 1.92. The molecule has 0 spiro atoms. The summed E-state index contributed by atoms with van der Waals surface area (Å²) >= 11 is 0. The Morgan fingerprint density at radius 2 is 1.83 bits per heavy atom. The molecule has 122 valence electrons. The van der Waals surface area contributed by atoms with Crippen LogP contribution in [0.3, 0.4) is 0 Å². The van der Waals surface area contributed by atoms with Crippen LogP contribution < -0.4 is 19.6 Å². The van der Waals surface area contributed by atoms with Crippen LogP contribution in [-0.4, -0.2) is 24.9 Å². The molecule has 5 heteroatoms. The van der Waals surface area contributed by atoms with E-state index in [4.69, 9.17) is 14.2 Å². The van der Waals surface area contributed by atoms with Crippen molar-refractivity contribution in [2.24, 2.45) is 0 Å². The van der Waals surface area contributed by atoms with E-state index < -0.39 is 0 Å². The van der Waals surface area contributed by atoms with Gasteiger partial charge in [-0.3, -0.25) is 4.79 Å². The number of rotatable bonds is 8. The number of nitrogens with zero attached hydrogens (tertiary/aromatic N) is 1. The van der Waals surface area contributed by atoms with Crippen molar-refractivity contribution in [2.45, 2.75) is 13.5 Å². The van der Waals surface area contributed by atoms with Crippen molar-refractivity contribution in [3.63, 3.8) is 0 Å². The molecule has 0 radical (unpaired) electrons. The molecule has 2 aromatic rings. The molecule has 1 heterocycles. The van der Waals surface area contributed by atoms with Gasteiger partial charge in [0.25, 0.3) is 0 Å². The Morgan fingerprint density at radius 3 is 2.48 bits per heavy atom. The second kappa shape index (κ2) is 8.08. The molecule has 0 saturated carbocycles. The van der Waals surface area contributed by atoms with Crippen LogP contribution in [0.1, 0.15) is 5.69 Å². The lowest BCUT2D eigenvalue weighted by molar-refractivity contribution is 0.292. The number of hydrogen-bond donors (Lipinski definition) is 0. The quantitative estimate of drug-likeness (QED) is 0.703. The number of methoxy groups -OCH3 is 1. The molecule has 1 aromatic carbocycles. The predicted octanol–water partition coefficient (Wildman–Crippen LogP) is 2.81. The van der Waals surface area contributed by atoms with Gasteiger partial charge in [0.1, 0.15) is 24.7 Å². The van der Waals surface area contributed by atoms with Crippen LogP contribution in [0.2, 0.25) is 0 Å². The van der Waals surface area contributed by atoms with Crippen molar-refractivity contribution >= 4 is 0 Å². The van der Waals surface area contributed by atoms with Gasteiger partial charge in [-0.1, -0.05) is 12.7 Å². The molecular weight excluding hydrogens is 294 g/mol. The summed E-state index contributed by atoms with van der Waals surface area (Å²) in [4.78, 5) is 11.8. The van der Waals surface area contributed by atoms with Gasteiger partial charge in [0, 0.05) is 12.3 Å². The molecule has 1 aromatic heterocycles. The molecule has 0 saturated heterocycles. The minimum absolute atomic E-state index is 0.128. The molecule has 23 heavy (non-hydrogen) atoms. The average molecular weight is 315 g/mol. The fourth-order valence-electron chi connectivity index (χ4n) is 2.15. The summed E-state index contributed by atoms with van der Waals surface area (Å²) in [5.41, 5.74) is 0.648. The Hall–Kier alpha value is -2.69. The van der Waals surface area contributed by atoms with Crippen LogP contribution in [0.25, 0.3) is 0 Å². The highest BCUT2D eigenvalue weighted by Gasteiger charge is 2.08. The topological polar surface area (TPSA) is 49.7 Å². The molecule has 0 aliphatic heterocycles. The zero-order chi connectivity index (χ0) is 16.7. The van der Waals surface area contributed by atoms with Gasteiger partial charge in [0.15, 0.2) is 5.75 Å². The third-order valence-electron chi connectivity index (χ3n) is 3.39. The zero-order valence-corrected chi connectivity index (χ0v) is 13.5. The summed E-state index contributed by atoms with van der Waals surface area (Å²) in [7, 11) is 1.63. The second-order valence-corrected chi connectivity index (χ2v) is 4.91. The number of aromatic nitrogens is 1. The van der Waals surface area contributed by atoms with Crippen LogP contribution in [0.5, 0.6) is 17.2 Å². The van der Waals surface area contributed by atoms with Crippen LogP contribution >= 0.6 is 0 Å². The summed E-state index contributed by atoms with van der Waals surface area (Å²) < 4.78 is 18.2. The number of hydrogen-bond acceptors (Lipinski definition) is 4. The summed E-state index contributed by atoms with van der Waals surface area (Å²) in [6.45, 7) is 6.85. The maximum absolute atomic E-state index is 11.8. The molecule has 2 rings (SSSR count). The van der Waals surface area contributed by atoms with Crippen molar-refractivity contribution in [3.8, 4) is 17.2 Å². The standard InChI is InChI=1S/C18H21NO4/c1-4-12-23-18-14(2)19(10-9-17(18)20)11-13-22-16-7-5-15(21-3)6-8-16/h4-10H,1,11-13H2,2-3H3. The molecule has 0 amide bonds. The largest absolute Gasteiger partial charge is 0.497 e. The molecule has 0 N–H and O–H groups in total. The van der Waals surface area contributed by atoms with Gasteiger partial charge >= 0.3 is 0 Å².